The van der Waals surface area contributed by atoms with E-state index in [0.717, 1.165) is 39.9 Å². The first-order chi connectivity index (χ1) is 14.6. The fraction of sp³-hybridized carbons (Fsp3) is 0.200. The van der Waals surface area contributed by atoms with E-state index in [2.05, 4.69) is 53.6 Å². The Morgan fingerprint density at radius 3 is 2.87 bits per heavy atom. The average molecular weight is 398 g/mol. The molecular weight excluding hydrogens is 376 g/mol. The van der Waals surface area contributed by atoms with Crippen LogP contribution in [0.3, 0.4) is 0 Å². The van der Waals surface area contributed by atoms with E-state index in [1.807, 2.05) is 13.0 Å². The van der Waals surface area contributed by atoms with Crippen molar-refractivity contribution in [2.75, 3.05) is 6.54 Å². The molecule has 0 bridgehead atoms. The number of furan rings is 1. The highest BCUT2D eigenvalue weighted by atomic mass is 16.5. The third-order valence-corrected chi connectivity index (χ3v) is 5.42. The maximum Gasteiger partial charge on any atom is 0.287 e. The molecule has 2 aromatic carbocycles. The fourth-order valence-electron chi connectivity index (χ4n) is 4.02. The van der Waals surface area contributed by atoms with E-state index in [1.165, 1.54) is 17.4 Å². The quantitative estimate of drug-likeness (QED) is 0.534. The van der Waals surface area contributed by atoms with Crippen molar-refractivity contribution >= 4 is 16.8 Å². The second-order valence-electron chi connectivity index (χ2n) is 7.79. The Balaban J connectivity index is 1.41. The summed E-state index contributed by atoms with van der Waals surface area (Å²) in [5, 5.41) is 4.00. The minimum Gasteiger partial charge on any atom is -0.487 e. The lowest BCUT2D eigenvalue weighted by Crippen LogP contribution is -2.34. The van der Waals surface area contributed by atoms with Gasteiger partial charge in [-0.15, -0.1) is 0 Å². The number of rotatable bonds is 4. The zero-order valence-corrected chi connectivity index (χ0v) is 16.9. The van der Waals surface area contributed by atoms with Gasteiger partial charge < -0.3 is 14.5 Å². The van der Waals surface area contributed by atoms with Crippen molar-refractivity contribution < 1.29 is 13.9 Å². The first-order valence-corrected chi connectivity index (χ1v) is 10.1. The molecule has 0 aliphatic carbocycles. The van der Waals surface area contributed by atoms with Crippen LogP contribution in [0.15, 0.2) is 65.3 Å². The number of hydrogen-bond acceptors (Lipinski definition) is 4. The zero-order valence-electron chi connectivity index (χ0n) is 16.9. The Labute approximate surface area is 174 Å². The molecule has 5 rings (SSSR count). The Kier molecular flexibility index (Phi) is 4.51. The van der Waals surface area contributed by atoms with Crippen molar-refractivity contribution in [2.24, 2.45) is 0 Å². The number of pyridine rings is 1. The SMILES string of the molecule is Cc1cc2c(c(-c3ccc4nc(C)ccc4c3)c1)O[C@@H](CNC(=O)c1ccco1)C2. The van der Waals surface area contributed by atoms with Crippen molar-refractivity contribution in [3.8, 4) is 16.9 Å². The first-order valence-electron chi connectivity index (χ1n) is 10.1. The van der Waals surface area contributed by atoms with Gasteiger partial charge in [-0.3, -0.25) is 9.78 Å². The molecule has 150 valence electrons. The highest BCUT2D eigenvalue weighted by molar-refractivity contribution is 5.91. The number of carbonyl (C=O) groups is 1. The van der Waals surface area contributed by atoms with Gasteiger partial charge in [-0.1, -0.05) is 18.2 Å². The second-order valence-corrected chi connectivity index (χ2v) is 7.79. The highest BCUT2D eigenvalue weighted by Crippen LogP contribution is 2.40. The summed E-state index contributed by atoms with van der Waals surface area (Å²) in [5.41, 5.74) is 6.54. The predicted octanol–water partition coefficient (Wildman–Crippen LogP) is 4.85. The summed E-state index contributed by atoms with van der Waals surface area (Å²) < 4.78 is 11.4. The smallest absolute Gasteiger partial charge is 0.287 e. The van der Waals surface area contributed by atoms with Gasteiger partial charge in [0.15, 0.2) is 5.76 Å². The number of hydrogen-bond donors (Lipinski definition) is 1. The molecule has 0 radical (unpaired) electrons. The van der Waals surface area contributed by atoms with Gasteiger partial charge in [0.25, 0.3) is 5.91 Å². The maximum atomic E-state index is 12.2. The van der Waals surface area contributed by atoms with Gasteiger partial charge in [0, 0.05) is 23.1 Å². The summed E-state index contributed by atoms with van der Waals surface area (Å²) in [6.45, 7) is 4.52. The number of carbonyl (C=O) groups excluding carboxylic acids is 1. The molecule has 3 heterocycles. The summed E-state index contributed by atoms with van der Waals surface area (Å²) in [4.78, 5) is 16.8. The Morgan fingerprint density at radius 2 is 2.03 bits per heavy atom. The average Bonchev–Trinajstić information content (AvgIpc) is 3.41. The van der Waals surface area contributed by atoms with Crippen LogP contribution in [0.5, 0.6) is 5.75 Å². The minimum atomic E-state index is -0.228. The molecule has 5 nitrogen and oxygen atoms in total. The summed E-state index contributed by atoms with van der Waals surface area (Å²) >= 11 is 0. The van der Waals surface area contributed by atoms with E-state index in [-0.39, 0.29) is 12.0 Å². The van der Waals surface area contributed by atoms with Crippen LogP contribution in [0.25, 0.3) is 22.0 Å². The Morgan fingerprint density at radius 1 is 1.13 bits per heavy atom. The highest BCUT2D eigenvalue weighted by Gasteiger charge is 2.27. The number of fused-ring (bicyclic) bond motifs is 2. The van der Waals surface area contributed by atoms with Gasteiger partial charge in [-0.2, -0.15) is 0 Å². The summed E-state index contributed by atoms with van der Waals surface area (Å²) in [5.74, 6) is 0.979. The van der Waals surface area contributed by atoms with Crippen LogP contribution >= 0.6 is 0 Å². The molecular formula is C25H22N2O3. The molecule has 0 fully saturated rings. The number of ether oxygens (including phenoxy) is 1. The summed E-state index contributed by atoms with van der Waals surface area (Å²) in [6.07, 6.45) is 2.15. The molecule has 5 heteroatoms. The first kappa shape index (κ1) is 18.4. The Hall–Kier alpha value is -3.60. The fourth-order valence-corrected chi connectivity index (χ4v) is 4.02. The number of benzene rings is 2. The predicted molar refractivity (Wildman–Crippen MR) is 116 cm³/mol. The van der Waals surface area contributed by atoms with Crippen LogP contribution in [0, 0.1) is 13.8 Å². The van der Waals surface area contributed by atoms with Gasteiger partial charge in [0.2, 0.25) is 0 Å². The number of aryl methyl sites for hydroxylation is 2. The number of nitrogens with one attached hydrogen (secondary N) is 1. The number of aromatic nitrogens is 1. The topological polar surface area (TPSA) is 64.4 Å². The van der Waals surface area contributed by atoms with Gasteiger partial charge in [-0.25, -0.2) is 0 Å². The lowest BCUT2D eigenvalue weighted by molar-refractivity contribution is 0.0906. The third kappa shape index (κ3) is 3.43. The van der Waals surface area contributed by atoms with Crippen molar-refractivity contribution in [2.45, 2.75) is 26.4 Å². The van der Waals surface area contributed by atoms with E-state index in [9.17, 15) is 4.79 Å². The molecule has 0 saturated carbocycles. The molecule has 1 aliphatic heterocycles. The number of nitrogens with zero attached hydrogens (tertiary/aromatic N) is 1. The molecule has 1 amide bonds. The molecule has 1 aliphatic rings. The monoisotopic (exact) mass is 398 g/mol. The molecule has 2 aromatic heterocycles. The van der Waals surface area contributed by atoms with Gasteiger partial charge in [0.05, 0.1) is 18.3 Å². The molecule has 30 heavy (non-hydrogen) atoms. The van der Waals surface area contributed by atoms with Crippen LogP contribution in [0.4, 0.5) is 0 Å². The lowest BCUT2D eigenvalue weighted by Gasteiger charge is -2.14. The van der Waals surface area contributed by atoms with Crippen LogP contribution in [-0.2, 0) is 6.42 Å². The zero-order chi connectivity index (χ0) is 20.7. The second kappa shape index (κ2) is 7.34. The van der Waals surface area contributed by atoms with E-state index in [4.69, 9.17) is 9.15 Å². The van der Waals surface area contributed by atoms with Crippen LogP contribution in [-0.4, -0.2) is 23.5 Å². The summed E-state index contributed by atoms with van der Waals surface area (Å²) in [6, 6.07) is 18.1. The molecule has 0 saturated heterocycles. The number of amides is 1. The normalized spacial score (nSPS) is 15.1. The molecule has 4 aromatic rings. The van der Waals surface area contributed by atoms with Crippen molar-refractivity contribution in [3.05, 3.63) is 83.4 Å². The lowest BCUT2D eigenvalue weighted by atomic mass is 9.97. The van der Waals surface area contributed by atoms with Gasteiger partial charge in [0.1, 0.15) is 11.9 Å². The van der Waals surface area contributed by atoms with E-state index < -0.39 is 0 Å². The van der Waals surface area contributed by atoms with E-state index in [1.54, 1.807) is 12.1 Å². The molecule has 0 spiro atoms. The standard InChI is InChI=1S/C25H22N2O3/c1-15-10-19-13-20(14-26-25(28)23-4-3-9-29-23)30-24(19)21(11-15)17-7-8-22-18(12-17)6-5-16(2)27-22/h3-12,20H,13-14H2,1-2H3,(H,26,28)/t20-/m1/s1. The van der Waals surface area contributed by atoms with Crippen molar-refractivity contribution in [1.82, 2.24) is 10.3 Å². The molecule has 1 atom stereocenters. The Bertz CT molecular complexity index is 1240. The van der Waals surface area contributed by atoms with Crippen molar-refractivity contribution in [1.29, 1.82) is 0 Å². The van der Waals surface area contributed by atoms with Crippen LogP contribution in [0.2, 0.25) is 0 Å². The maximum absolute atomic E-state index is 12.2. The van der Waals surface area contributed by atoms with E-state index >= 15 is 0 Å². The van der Waals surface area contributed by atoms with Crippen LogP contribution < -0.4 is 10.1 Å². The van der Waals surface area contributed by atoms with Crippen LogP contribution in [0.1, 0.15) is 27.4 Å². The van der Waals surface area contributed by atoms with E-state index in [0.29, 0.717) is 12.3 Å². The third-order valence-electron chi connectivity index (χ3n) is 5.42. The molecule has 0 unspecified atom stereocenters. The van der Waals surface area contributed by atoms with Crippen molar-refractivity contribution in [3.63, 3.8) is 0 Å². The van der Waals surface area contributed by atoms with Gasteiger partial charge >= 0.3 is 0 Å². The minimum absolute atomic E-state index is 0.107. The molecule has 1 N–H and O–H groups in total. The largest absolute Gasteiger partial charge is 0.487 e. The van der Waals surface area contributed by atoms with Gasteiger partial charge in [-0.05, 0) is 66.9 Å². The summed E-state index contributed by atoms with van der Waals surface area (Å²) in [7, 11) is 0.